The number of benzene rings is 1. The van der Waals surface area contributed by atoms with Crippen molar-refractivity contribution < 1.29 is 0 Å². The summed E-state index contributed by atoms with van der Waals surface area (Å²) in [7, 11) is 0. The van der Waals surface area contributed by atoms with Gasteiger partial charge in [-0.1, -0.05) is 583 Å². The van der Waals surface area contributed by atoms with Gasteiger partial charge >= 0.3 is 0 Å². The molecule has 0 aliphatic carbocycles. The van der Waals surface area contributed by atoms with Crippen LogP contribution in [0.15, 0.2) is 30.3 Å². The minimum Gasteiger partial charge on any atom is -0.0654 e. The normalized spacial score (nSPS) is 11.8. The van der Waals surface area contributed by atoms with Crippen LogP contribution in [-0.4, -0.2) is 0 Å². The lowest BCUT2D eigenvalue weighted by Gasteiger charge is -2.05. The van der Waals surface area contributed by atoms with Crippen LogP contribution in [-0.2, 0) is 6.42 Å². The van der Waals surface area contributed by atoms with Crippen LogP contribution < -0.4 is 0 Å². The van der Waals surface area contributed by atoms with Crippen molar-refractivity contribution in [2.75, 3.05) is 0 Å². The van der Waals surface area contributed by atoms with E-state index in [1.54, 1.807) is 0 Å². The Kier molecular flexibility index (Phi) is 83.9. The molecule has 0 aromatic heterocycles. The molecule has 1 aromatic carbocycles. The molecular formula is C94H182. The number of unbranched alkanes of at least 4 members (excludes halogenated alkanes) is 85. The van der Waals surface area contributed by atoms with E-state index >= 15 is 0 Å². The van der Waals surface area contributed by atoms with Gasteiger partial charge in [-0.15, -0.1) is 0 Å². The minimum absolute atomic E-state index is 1.26. The summed E-state index contributed by atoms with van der Waals surface area (Å²) < 4.78 is 0. The van der Waals surface area contributed by atoms with Crippen LogP contribution in [0.1, 0.15) is 565 Å². The lowest BCUT2D eigenvalue weighted by atomic mass is 10.0. The average Bonchev–Trinajstić information content (AvgIpc) is 3.74. The van der Waals surface area contributed by atoms with Gasteiger partial charge in [0, 0.05) is 0 Å². The highest BCUT2D eigenvalue weighted by Crippen LogP contribution is 2.23. The molecule has 0 atom stereocenters. The molecule has 0 heteroatoms. The number of hydrogen-bond donors (Lipinski definition) is 0. The van der Waals surface area contributed by atoms with Crippen LogP contribution in [0.4, 0.5) is 0 Å². The van der Waals surface area contributed by atoms with Crippen molar-refractivity contribution in [1.29, 1.82) is 0 Å². The van der Waals surface area contributed by atoms with Crippen molar-refractivity contribution >= 4 is 0 Å². The Hall–Kier alpha value is -0.780. The van der Waals surface area contributed by atoms with E-state index in [2.05, 4.69) is 37.3 Å². The molecule has 558 valence electrons. The quantitative estimate of drug-likeness (QED) is 0.0570. The first kappa shape index (κ1) is 91.2. The van der Waals surface area contributed by atoms with Gasteiger partial charge in [-0.05, 0) is 18.4 Å². The summed E-state index contributed by atoms with van der Waals surface area (Å²) in [6.07, 6.45) is 129. The Morgan fingerprint density at radius 1 is 0.117 bits per heavy atom. The highest BCUT2D eigenvalue weighted by molar-refractivity contribution is 5.14. The maximum Gasteiger partial charge on any atom is -0.0279 e. The van der Waals surface area contributed by atoms with Crippen LogP contribution in [0.5, 0.6) is 0 Å². The molecule has 1 aromatic rings. The highest BCUT2D eigenvalue weighted by Gasteiger charge is 2.03. The molecule has 0 bridgehead atoms. The summed E-state index contributed by atoms with van der Waals surface area (Å²) in [5.41, 5.74) is 1.51. The van der Waals surface area contributed by atoms with Crippen molar-refractivity contribution in [3.8, 4) is 0 Å². The van der Waals surface area contributed by atoms with E-state index in [1.165, 1.54) is 564 Å². The smallest absolute Gasteiger partial charge is 0.0279 e. The van der Waals surface area contributed by atoms with E-state index in [9.17, 15) is 0 Å². The first-order valence-electron chi connectivity index (χ1n) is 46.0. The Morgan fingerprint density at radius 2 is 0.213 bits per heavy atom. The third-order valence-corrected chi connectivity index (χ3v) is 22.7. The second kappa shape index (κ2) is 86.4. The van der Waals surface area contributed by atoms with Crippen LogP contribution in [0, 0.1) is 0 Å². The van der Waals surface area contributed by atoms with Crippen molar-refractivity contribution in [1.82, 2.24) is 0 Å². The fraction of sp³-hybridized carbons (Fsp3) is 0.936. The van der Waals surface area contributed by atoms with Crippen molar-refractivity contribution in [2.45, 2.75) is 566 Å². The Morgan fingerprint density at radius 3 is 0.319 bits per heavy atom. The largest absolute Gasteiger partial charge is 0.0654 e. The third-order valence-electron chi connectivity index (χ3n) is 22.7. The van der Waals surface area contributed by atoms with E-state index in [1.807, 2.05) is 0 Å². The molecule has 0 N–H and O–H groups in total. The van der Waals surface area contributed by atoms with E-state index in [4.69, 9.17) is 0 Å². The van der Waals surface area contributed by atoms with Crippen LogP contribution >= 0.6 is 0 Å². The molecule has 0 fully saturated rings. The van der Waals surface area contributed by atoms with E-state index in [-0.39, 0.29) is 0 Å². The Labute approximate surface area is 598 Å². The van der Waals surface area contributed by atoms with Gasteiger partial charge in [0.05, 0.1) is 0 Å². The molecule has 94 heavy (non-hydrogen) atoms. The molecule has 0 saturated carbocycles. The SMILES string of the molecule is CCCCCCCCCCCCCCCCCCCCCCCCCCCCCCCCCCCCCCCCCCCCCCCCCCCCCCCCCCCCCCCCCCCCCCCCCCCCCCCCCCCCCCCCc1ccccc1. The maximum absolute atomic E-state index is 2.32. The van der Waals surface area contributed by atoms with Gasteiger partial charge in [-0.2, -0.15) is 0 Å². The summed E-state index contributed by atoms with van der Waals surface area (Å²) in [6.45, 7) is 2.32. The molecule has 0 spiro atoms. The minimum atomic E-state index is 1.26. The third kappa shape index (κ3) is 81.9. The Bertz CT molecular complexity index is 1390. The molecule has 0 aliphatic rings. The fourth-order valence-corrected chi connectivity index (χ4v) is 15.9. The van der Waals surface area contributed by atoms with Gasteiger partial charge in [0.2, 0.25) is 0 Å². The number of hydrogen-bond acceptors (Lipinski definition) is 0. The second-order valence-electron chi connectivity index (χ2n) is 32.3. The molecule has 1 rings (SSSR count). The van der Waals surface area contributed by atoms with E-state index in [0.717, 1.165) is 0 Å². The van der Waals surface area contributed by atoms with Gasteiger partial charge in [-0.3, -0.25) is 0 Å². The number of rotatable bonds is 87. The van der Waals surface area contributed by atoms with Gasteiger partial charge < -0.3 is 0 Å². The lowest BCUT2D eigenvalue weighted by Crippen LogP contribution is -1.86. The van der Waals surface area contributed by atoms with Crippen molar-refractivity contribution in [3.63, 3.8) is 0 Å². The summed E-state index contributed by atoms with van der Waals surface area (Å²) in [5, 5.41) is 0. The Balaban J connectivity index is 1.58. The monoisotopic (exact) mass is 1310 g/mol. The molecule has 0 nitrogen and oxygen atoms in total. The zero-order valence-electron chi connectivity index (χ0n) is 65.9. The van der Waals surface area contributed by atoms with Gasteiger partial charge in [0.15, 0.2) is 0 Å². The van der Waals surface area contributed by atoms with E-state index in [0.29, 0.717) is 0 Å². The molecule has 0 amide bonds. The van der Waals surface area contributed by atoms with E-state index < -0.39 is 0 Å². The van der Waals surface area contributed by atoms with Crippen LogP contribution in [0.25, 0.3) is 0 Å². The lowest BCUT2D eigenvalue weighted by molar-refractivity contribution is 0.505. The topological polar surface area (TPSA) is 0 Å². The van der Waals surface area contributed by atoms with Crippen molar-refractivity contribution in [2.24, 2.45) is 0 Å². The molecule has 0 aliphatic heterocycles. The zero-order valence-corrected chi connectivity index (χ0v) is 65.9. The average molecular weight is 1310 g/mol. The first-order valence-corrected chi connectivity index (χ1v) is 46.0. The van der Waals surface area contributed by atoms with Gasteiger partial charge in [0.25, 0.3) is 0 Å². The molecule has 0 heterocycles. The molecule has 0 saturated heterocycles. The standard InChI is InChI=1S/C94H182/c1-2-3-4-5-6-7-8-9-10-11-12-13-14-15-16-17-18-19-20-21-22-23-24-25-26-27-28-29-30-31-32-33-34-35-36-37-38-39-40-41-42-43-44-45-46-47-48-49-50-51-52-53-54-55-56-57-58-59-60-61-62-63-64-65-66-67-68-69-70-71-72-73-74-75-76-77-78-79-80-81-82-83-84-85-86-88-91-94-92-89-87-90-93-94/h87,89-90,92-93H,2-86,88,91H2,1H3. The van der Waals surface area contributed by atoms with Gasteiger partial charge in [-0.25, -0.2) is 0 Å². The zero-order chi connectivity index (χ0) is 66.6. The summed E-state index contributed by atoms with van der Waals surface area (Å²) >= 11 is 0. The van der Waals surface area contributed by atoms with Gasteiger partial charge in [0.1, 0.15) is 0 Å². The summed E-state index contributed by atoms with van der Waals surface area (Å²) in [6, 6.07) is 11.0. The predicted octanol–water partition coefficient (Wildman–Crippen LogP) is 35.8. The molecular weight excluding hydrogens is 1130 g/mol. The fourth-order valence-electron chi connectivity index (χ4n) is 15.9. The van der Waals surface area contributed by atoms with Crippen molar-refractivity contribution in [3.05, 3.63) is 35.9 Å². The van der Waals surface area contributed by atoms with Crippen LogP contribution in [0.3, 0.4) is 0 Å². The summed E-state index contributed by atoms with van der Waals surface area (Å²) in [5.74, 6) is 0. The maximum atomic E-state index is 2.32. The summed E-state index contributed by atoms with van der Waals surface area (Å²) in [4.78, 5) is 0. The second-order valence-corrected chi connectivity index (χ2v) is 32.3. The first-order chi connectivity index (χ1) is 46.9. The molecule has 0 radical (unpaired) electrons. The highest BCUT2D eigenvalue weighted by atomic mass is 14.1. The predicted molar refractivity (Wildman–Crippen MR) is 433 cm³/mol. The molecule has 0 unspecified atom stereocenters. The number of aryl methyl sites for hydroxylation is 1. The van der Waals surface area contributed by atoms with Crippen LogP contribution in [0.2, 0.25) is 0 Å².